The summed E-state index contributed by atoms with van der Waals surface area (Å²) in [6.45, 7) is 0. The Balaban J connectivity index is 0.00000242. The smallest absolute Gasteiger partial charge is 0.255 e. The zero-order chi connectivity index (χ0) is 15.4. The number of hydrogen-bond acceptors (Lipinski definition) is 3. The van der Waals surface area contributed by atoms with Crippen LogP contribution in [0.4, 0.5) is 17.1 Å². The maximum Gasteiger partial charge on any atom is 0.255 e. The van der Waals surface area contributed by atoms with Crippen molar-refractivity contribution in [3.8, 4) is 0 Å². The summed E-state index contributed by atoms with van der Waals surface area (Å²) < 4.78 is 0. The van der Waals surface area contributed by atoms with Gasteiger partial charge in [0.15, 0.2) is 0 Å². The molecule has 118 valence electrons. The molecule has 0 bridgehead atoms. The zero-order valence-electron chi connectivity index (χ0n) is 13.3. The first kappa shape index (κ1) is 17.9. The van der Waals surface area contributed by atoms with Crippen LogP contribution < -0.4 is 15.1 Å². The highest BCUT2D eigenvalue weighted by Crippen LogP contribution is 2.17. The predicted octanol–water partition coefficient (Wildman–Crippen LogP) is 3.49. The predicted molar refractivity (Wildman–Crippen MR) is 96.7 cm³/mol. The summed E-state index contributed by atoms with van der Waals surface area (Å²) in [5.74, 6) is -0.0992. The molecule has 22 heavy (non-hydrogen) atoms. The Morgan fingerprint density at radius 1 is 0.773 bits per heavy atom. The summed E-state index contributed by atoms with van der Waals surface area (Å²) in [7, 11) is 7.92. The quantitative estimate of drug-likeness (QED) is 0.937. The third-order valence-corrected chi connectivity index (χ3v) is 3.29. The van der Waals surface area contributed by atoms with Gasteiger partial charge in [-0.2, -0.15) is 0 Å². The molecule has 2 aromatic carbocycles. The number of halogens is 1. The number of rotatable bonds is 4. The van der Waals surface area contributed by atoms with E-state index in [1.54, 1.807) is 0 Å². The van der Waals surface area contributed by atoms with Gasteiger partial charge < -0.3 is 15.1 Å². The molecule has 0 heterocycles. The van der Waals surface area contributed by atoms with Gasteiger partial charge in [0.05, 0.1) is 0 Å². The number of nitrogens with zero attached hydrogens (tertiary/aromatic N) is 2. The fraction of sp³-hybridized carbons (Fsp3) is 0.235. The van der Waals surface area contributed by atoms with Gasteiger partial charge >= 0.3 is 0 Å². The lowest BCUT2D eigenvalue weighted by molar-refractivity contribution is 0.102. The Bertz CT molecular complexity index is 607. The van der Waals surface area contributed by atoms with Crippen molar-refractivity contribution in [2.45, 2.75) is 0 Å². The van der Waals surface area contributed by atoms with Crippen molar-refractivity contribution >= 4 is 35.4 Å². The van der Waals surface area contributed by atoms with Gasteiger partial charge in [0, 0.05) is 50.8 Å². The Morgan fingerprint density at radius 3 is 1.59 bits per heavy atom. The Morgan fingerprint density at radius 2 is 1.18 bits per heavy atom. The minimum atomic E-state index is -0.0992. The normalized spacial score (nSPS) is 9.64. The van der Waals surface area contributed by atoms with Gasteiger partial charge in [-0.05, 0) is 48.5 Å². The van der Waals surface area contributed by atoms with Crippen LogP contribution in [0.25, 0.3) is 0 Å². The average Bonchev–Trinajstić information content (AvgIpc) is 2.47. The number of anilines is 3. The average molecular weight is 320 g/mol. The number of carbonyl (C=O) groups is 1. The minimum absolute atomic E-state index is 0. The monoisotopic (exact) mass is 319 g/mol. The van der Waals surface area contributed by atoms with E-state index in [1.165, 1.54) is 0 Å². The summed E-state index contributed by atoms with van der Waals surface area (Å²) in [6, 6.07) is 15.3. The Kier molecular flexibility index (Phi) is 6.25. The second-order valence-corrected chi connectivity index (χ2v) is 5.34. The largest absolute Gasteiger partial charge is 0.378 e. The van der Waals surface area contributed by atoms with Gasteiger partial charge in [-0.3, -0.25) is 4.79 Å². The summed E-state index contributed by atoms with van der Waals surface area (Å²) >= 11 is 0. The molecule has 0 aliphatic heterocycles. The van der Waals surface area contributed by atoms with Gasteiger partial charge in [-0.25, -0.2) is 0 Å². The van der Waals surface area contributed by atoms with Crippen LogP contribution in [0.1, 0.15) is 10.4 Å². The maximum absolute atomic E-state index is 12.2. The highest BCUT2D eigenvalue weighted by Gasteiger charge is 2.06. The van der Waals surface area contributed by atoms with Crippen LogP contribution in [-0.2, 0) is 0 Å². The standard InChI is InChI=1S/C17H21N3O.ClH/c1-19(2)15-9-5-13(6-10-15)17(21)18-14-7-11-16(12-8-14)20(3)4;/h5-12H,1-4H3,(H,18,21);1H. The Hall–Kier alpha value is -2.20. The molecule has 0 fully saturated rings. The van der Waals surface area contributed by atoms with Gasteiger partial charge in [-0.15, -0.1) is 12.4 Å². The minimum Gasteiger partial charge on any atom is -0.378 e. The van der Waals surface area contributed by atoms with Crippen LogP contribution in [0.15, 0.2) is 48.5 Å². The van der Waals surface area contributed by atoms with Crippen molar-refractivity contribution in [3.05, 3.63) is 54.1 Å². The van der Waals surface area contributed by atoms with Crippen molar-refractivity contribution in [2.75, 3.05) is 43.3 Å². The summed E-state index contributed by atoms with van der Waals surface area (Å²) in [4.78, 5) is 16.2. The third-order valence-electron chi connectivity index (χ3n) is 3.29. The number of hydrogen-bond donors (Lipinski definition) is 1. The highest BCUT2D eigenvalue weighted by atomic mass is 35.5. The van der Waals surface area contributed by atoms with Gasteiger partial charge in [-0.1, -0.05) is 0 Å². The molecule has 0 aliphatic rings. The van der Waals surface area contributed by atoms with Crippen LogP contribution in [0.2, 0.25) is 0 Å². The van der Waals surface area contributed by atoms with Gasteiger partial charge in [0.25, 0.3) is 5.91 Å². The van der Waals surface area contributed by atoms with Crippen LogP contribution >= 0.6 is 12.4 Å². The van der Waals surface area contributed by atoms with E-state index < -0.39 is 0 Å². The lowest BCUT2D eigenvalue weighted by Crippen LogP contribution is -2.13. The second kappa shape index (κ2) is 7.71. The molecule has 1 amide bonds. The maximum atomic E-state index is 12.2. The lowest BCUT2D eigenvalue weighted by atomic mass is 10.2. The number of nitrogens with one attached hydrogen (secondary N) is 1. The molecule has 2 rings (SSSR count). The lowest BCUT2D eigenvalue weighted by Gasteiger charge is -2.14. The molecule has 0 aromatic heterocycles. The molecule has 0 saturated carbocycles. The van der Waals surface area contributed by atoms with Crippen molar-refractivity contribution in [3.63, 3.8) is 0 Å². The van der Waals surface area contributed by atoms with E-state index in [1.807, 2.05) is 86.5 Å². The van der Waals surface area contributed by atoms with E-state index in [2.05, 4.69) is 5.32 Å². The first-order valence-corrected chi connectivity index (χ1v) is 6.83. The molecule has 0 saturated heterocycles. The molecule has 4 nitrogen and oxygen atoms in total. The van der Waals surface area contributed by atoms with Gasteiger partial charge in [0.2, 0.25) is 0 Å². The Labute approximate surface area is 138 Å². The zero-order valence-corrected chi connectivity index (χ0v) is 14.1. The molecular formula is C17H22ClN3O. The first-order valence-electron chi connectivity index (χ1n) is 6.83. The molecule has 0 spiro atoms. The van der Waals surface area contributed by atoms with E-state index in [0.29, 0.717) is 5.56 Å². The third kappa shape index (κ3) is 4.40. The van der Waals surface area contributed by atoms with Crippen LogP contribution in [0.5, 0.6) is 0 Å². The van der Waals surface area contributed by atoms with Crippen LogP contribution in [-0.4, -0.2) is 34.1 Å². The molecule has 1 N–H and O–H groups in total. The molecule has 0 radical (unpaired) electrons. The molecular weight excluding hydrogens is 298 g/mol. The molecule has 5 heteroatoms. The van der Waals surface area contributed by atoms with E-state index >= 15 is 0 Å². The fourth-order valence-corrected chi connectivity index (χ4v) is 1.96. The SMILES string of the molecule is CN(C)c1ccc(NC(=O)c2ccc(N(C)C)cc2)cc1.Cl. The number of benzene rings is 2. The van der Waals surface area contributed by atoms with Crippen molar-refractivity contribution in [2.24, 2.45) is 0 Å². The molecule has 2 aromatic rings. The van der Waals surface area contributed by atoms with Crippen LogP contribution in [0.3, 0.4) is 0 Å². The molecule has 0 atom stereocenters. The summed E-state index contributed by atoms with van der Waals surface area (Å²) in [5, 5.41) is 2.90. The van der Waals surface area contributed by atoms with Crippen molar-refractivity contribution in [1.29, 1.82) is 0 Å². The van der Waals surface area contributed by atoms with E-state index in [0.717, 1.165) is 17.1 Å². The number of amides is 1. The highest BCUT2D eigenvalue weighted by molar-refractivity contribution is 6.04. The summed E-state index contributed by atoms with van der Waals surface area (Å²) in [6.07, 6.45) is 0. The molecule has 0 unspecified atom stereocenters. The van der Waals surface area contributed by atoms with Crippen molar-refractivity contribution in [1.82, 2.24) is 0 Å². The molecule has 0 aliphatic carbocycles. The van der Waals surface area contributed by atoms with E-state index in [9.17, 15) is 4.79 Å². The first-order chi connectivity index (χ1) is 9.97. The fourth-order valence-electron chi connectivity index (χ4n) is 1.96. The van der Waals surface area contributed by atoms with Gasteiger partial charge in [0.1, 0.15) is 0 Å². The summed E-state index contributed by atoms with van der Waals surface area (Å²) in [5.41, 5.74) is 3.62. The van der Waals surface area contributed by atoms with E-state index in [-0.39, 0.29) is 18.3 Å². The second-order valence-electron chi connectivity index (χ2n) is 5.34. The number of carbonyl (C=O) groups excluding carboxylic acids is 1. The topological polar surface area (TPSA) is 35.6 Å². The van der Waals surface area contributed by atoms with Crippen LogP contribution in [0, 0.1) is 0 Å². The van der Waals surface area contributed by atoms with E-state index in [4.69, 9.17) is 0 Å². The van der Waals surface area contributed by atoms with Crippen molar-refractivity contribution < 1.29 is 4.79 Å².